The molecule has 0 saturated heterocycles. The van der Waals surface area contributed by atoms with E-state index in [-0.39, 0.29) is 10.7 Å². The summed E-state index contributed by atoms with van der Waals surface area (Å²) >= 11 is 6.23. The fourth-order valence-electron chi connectivity index (χ4n) is 2.13. The molecule has 0 atom stereocenters. The van der Waals surface area contributed by atoms with Crippen LogP contribution in [-0.2, 0) is 6.42 Å². The van der Waals surface area contributed by atoms with E-state index in [0.29, 0.717) is 30.2 Å². The van der Waals surface area contributed by atoms with E-state index in [0.717, 1.165) is 6.42 Å². The minimum atomic E-state index is -1.07. The third-order valence-electron chi connectivity index (χ3n) is 3.00. The number of rotatable bonds is 6. The van der Waals surface area contributed by atoms with Crippen molar-refractivity contribution in [3.8, 4) is 11.4 Å². The molecular weight excluding hydrogens is 292 g/mol. The summed E-state index contributed by atoms with van der Waals surface area (Å²) in [6.07, 6.45) is 1.35. The summed E-state index contributed by atoms with van der Waals surface area (Å²) in [5, 5.41) is 13.8. The lowest BCUT2D eigenvalue weighted by atomic mass is 10.2. The molecule has 6 heteroatoms. The number of carboxylic acids is 1. The first-order chi connectivity index (χ1) is 10.1. The van der Waals surface area contributed by atoms with Crippen LogP contribution in [0.3, 0.4) is 0 Å². The highest BCUT2D eigenvalue weighted by atomic mass is 35.5. The van der Waals surface area contributed by atoms with Gasteiger partial charge in [-0.05, 0) is 25.5 Å². The second-order valence-electron chi connectivity index (χ2n) is 4.48. The van der Waals surface area contributed by atoms with E-state index in [9.17, 15) is 9.90 Å². The summed E-state index contributed by atoms with van der Waals surface area (Å²) in [5.74, 6) is -0.451. The number of aryl methyl sites for hydroxylation is 1. The SMILES string of the molecule is CCCc1nn(-c2ccccc2OCC)c(Cl)c1C(=O)O. The number of halogens is 1. The molecule has 0 aliphatic rings. The first kappa shape index (κ1) is 15.4. The Morgan fingerprint density at radius 2 is 2.10 bits per heavy atom. The molecule has 1 aromatic heterocycles. The van der Waals surface area contributed by atoms with Crippen LogP contribution in [0.2, 0.25) is 5.15 Å². The maximum Gasteiger partial charge on any atom is 0.340 e. The fraction of sp³-hybridized carbons (Fsp3) is 0.333. The first-order valence-electron chi connectivity index (χ1n) is 6.83. The Kier molecular flexibility index (Phi) is 4.85. The Morgan fingerprint density at radius 1 is 1.38 bits per heavy atom. The number of hydrogen-bond acceptors (Lipinski definition) is 3. The molecule has 1 N–H and O–H groups in total. The number of benzene rings is 1. The number of para-hydroxylation sites is 2. The molecular formula is C15H17ClN2O3. The third kappa shape index (κ3) is 3.03. The molecule has 112 valence electrons. The second kappa shape index (κ2) is 6.63. The van der Waals surface area contributed by atoms with Gasteiger partial charge in [-0.25, -0.2) is 9.48 Å². The average molecular weight is 309 g/mol. The molecule has 5 nitrogen and oxygen atoms in total. The van der Waals surface area contributed by atoms with Gasteiger partial charge in [-0.1, -0.05) is 37.1 Å². The standard InChI is InChI=1S/C15H17ClN2O3/c1-3-7-10-13(15(19)20)14(16)18(17-10)11-8-5-6-9-12(11)21-4-2/h5-6,8-9H,3-4,7H2,1-2H3,(H,19,20). The zero-order valence-corrected chi connectivity index (χ0v) is 12.7. The van der Waals surface area contributed by atoms with Gasteiger partial charge >= 0.3 is 5.97 Å². The lowest BCUT2D eigenvalue weighted by Gasteiger charge is -2.10. The molecule has 1 aromatic carbocycles. The van der Waals surface area contributed by atoms with Crippen LogP contribution in [0.4, 0.5) is 0 Å². The zero-order valence-electron chi connectivity index (χ0n) is 12.0. The number of nitrogens with zero attached hydrogens (tertiary/aromatic N) is 2. The van der Waals surface area contributed by atoms with E-state index < -0.39 is 5.97 Å². The van der Waals surface area contributed by atoms with E-state index >= 15 is 0 Å². The lowest BCUT2D eigenvalue weighted by molar-refractivity contribution is 0.0696. The van der Waals surface area contributed by atoms with Gasteiger partial charge in [0.15, 0.2) is 0 Å². The van der Waals surface area contributed by atoms with Gasteiger partial charge in [-0.15, -0.1) is 0 Å². The summed E-state index contributed by atoms with van der Waals surface area (Å²) in [6, 6.07) is 7.27. The molecule has 0 aliphatic heterocycles. The quantitative estimate of drug-likeness (QED) is 0.886. The van der Waals surface area contributed by atoms with Gasteiger partial charge in [0, 0.05) is 0 Å². The van der Waals surface area contributed by atoms with Crippen LogP contribution in [0.25, 0.3) is 5.69 Å². The predicted octanol–water partition coefficient (Wildman–Crippen LogP) is 3.58. The van der Waals surface area contributed by atoms with Gasteiger partial charge < -0.3 is 9.84 Å². The molecule has 21 heavy (non-hydrogen) atoms. The molecule has 0 amide bonds. The van der Waals surface area contributed by atoms with E-state index in [1.54, 1.807) is 12.1 Å². The number of carboxylic acid groups (broad SMARTS) is 1. The van der Waals surface area contributed by atoms with Crippen molar-refractivity contribution in [1.29, 1.82) is 0 Å². The van der Waals surface area contributed by atoms with Crippen LogP contribution in [0.5, 0.6) is 5.75 Å². The number of aromatic nitrogens is 2. The molecule has 0 radical (unpaired) electrons. The van der Waals surface area contributed by atoms with Crippen molar-refractivity contribution in [3.63, 3.8) is 0 Å². The third-order valence-corrected chi connectivity index (χ3v) is 3.34. The van der Waals surface area contributed by atoms with Crippen molar-refractivity contribution in [3.05, 3.63) is 40.7 Å². The van der Waals surface area contributed by atoms with Crippen LogP contribution in [0.15, 0.2) is 24.3 Å². The maximum atomic E-state index is 11.4. The van der Waals surface area contributed by atoms with Crippen molar-refractivity contribution >= 4 is 17.6 Å². The molecule has 1 heterocycles. The van der Waals surface area contributed by atoms with Crippen LogP contribution in [0.1, 0.15) is 36.3 Å². The summed E-state index contributed by atoms with van der Waals surface area (Å²) < 4.78 is 6.98. The van der Waals surface area contributed by atoms with Crippen molar-refractivity contribution in [2.24, 2.45) is 0 Å². The number of carbonyl (C=O) groups is 1. The normalized spacial score (nSPS) is 10.6. The summed E-state index contributed by atoms with van der Waals surface area (Å²) in [7, 11) is 0. The highest BCUT2D eigenvalue weighted by molar-refractivity contribution is 6.33. The Morgan fingerprint density at radius 3 is 2.71 bits per heavy atom. The zero-order chi connectivity index (χ0) is 15.4. The minimum Gasteiger partial charge on any atom is -0.492 e. The van der Waals surface area contributed by atoms with E-state index in [2.05, 4.69) is 5.10 Å². The van der Waals surface area contributed by atoms with Crippen LogP contribution < -0.4 is 4.74 Å². The minimum absolute atomic E-state index is 0.0600. The van der Waals surface area contributed by atoms with E-state index in [4.69, 9.17) is 16.3 Å². The maximum absolute atomic E-state index is 11.4. The van der Waals surface area contributed by atoms with E-state index in [1.165, 1.54) is 4.68 Å². The number of aromatic carboxylic acids is 1. The van der Waals surface area contributed by atoms with Crippen LogP contribution in [0, 0.1) is 0 Å². The number of hydrogen-bond donors (Lipinski definition) is 1. The number of ether oxygens (including phenoxy) is 1. The smallest absolute Gasteiger partial charge is 0.340 e. The van der Waals surface area contributed by atoms with Gasteiger partial charge in [0.25, 0.3) is 0 Å². The second-order valence-corrected chi connectivity index (χ2v) is 4.84. The van der Waals surface area contributed by atoms with Gasteiger partial charge in [0.1, 0.15) is 22.2 Å². The van der Waals surface area contributed by atoms with E-state index in [1.807, 2.05) is 26.0 Å². The van der Waals surface area contributed by atoms with Crippen LogP contribution in [-0.4, -0.2) is 27.5 Å². The fourth-order valence-corrected chi connectivity index (χ4v) is 2.45. The molecule has 0 fully saturated rings. The Hall–Kier alpha value is -2.01. The van der Waals surface area contributed by atoms with Crippen LogP contribution >= 0.6 is 11.6 Å². The molecule has 2 aromatic rings. The highest BCUT2D eigenvalue weighted by Gasteiger charge is 2.23. The monoisotopic (exact) mass is 308 g/mol. The topological polar surface area (TPSA) is 64.4 Å². The largest absolute Gasteiger partial charge is 0.492 e. The van der Waals surface area contributed by atoms with Gasteiger partial charge in [0.05, 0.1) is 12.3 Å². The molecule has 0 aliphatic carbocycles. The molecule has 2 rings (SSSR count). The first-order valence-corrected chi connectivity index (χ1v) is 7.20. The van der Waals surface area contributed by atoms with Crippen molar-refractivity contribution in [2.75, 3.05) is 6.61 Å². The highest BCUT2D eigenvalue weighted by Crippen LogP contribution is 2.29. The van der Waals surface area contributed by atoms with Crippen molar-refractivity contribution in [1.82, 2.24) is 9.78 Å². The Bertz CT molecular complexity index is 652. The summed E-state index contributed by atoms with van der Waals surface area (Å²) in [6.45, 7) is 4.35. The predicted molar refractivity (Wildman–Crippen MR) is 80.7 cm³/mol. The van der Waals surface area contributed by atoms with Crippen molar-refractivity contribution in [2.45, 2.75) is 26.7 Å². The van der Waals surface area contributed by atoms with Gasteiger partial charge in [-0.2, -0.15) is 5.10 Å². The molecule has 0 saturated carbocycles. The average Bonchev–Trinajstić information content (AvgIpc) is 2.77. The van der Waals surface area contributed by atoms with Gasteiger partial charge in [-0.3, -0.25) is 0 Å². The Labute approximate surface area is 128 Å². The van der Waals surface area contributed by atoms with Gasteiger partial charge in [0.2, 0.25) is 0 Å². The molecule has 0 spiro atoms. The molecule has 0 unspecified atom stereocenters. The van der Waals surface area contributed by atoms with Crippen molar-refractivity contribution < 1.29 is 14.6 Å². The molecule has 0 bridgehead atoms. The Balaban J connectivity index is 2.59. The summed E-state index contributed by atoms with van der Waals surface area (Å²) in [5.41, 5.74) is 1.18. The summed E-state index contributed by atoms with van der Waals surface area (Å²) in [4.78, 5) is 11.4. The lowest BCUT2D eigenvalue weighted by Crippen LogP contribution is -2.02.